The van der Waals surface area contributed by atoms with Crippen LogP contribution in [0.1, 0.15) is 12.8 Å². The van der Waals surface area contributed by atoms with Crippen molar-refractivity contribution < 1.29 is 9.59 Å². The lowest BCUT2D eigenvalue weighted by Crippen LogP contribution is -2.08. The molecule has 0 aliphatic heterocycles. The van der Waals surface area contributed by atoms with Gasteiger partial charge in [0.2, 0.25) is 0 Å². The van der Waals surface area contributed by atoms with Gasteiger partial charge in [0, 0.05) is 18.8 Å². The number of fused-ring (bicyclic) bond motifs is 1. The fourth-order valence-electron chi connectivity index (χ4n) is 1.74. The normalized spacial score (nSPS) is 37.2. The van der Waals surface area contributed by atoms with Crippen LogP contribution in [0.4, 0.5) is 0 Å². The number of Topliss-reactive ketones (excluding diaryl/α,β-unsaturated/α-hetero) is 1. The second-order valence-corrected chi connectivity index (χ2v) is 2.98. The van der Waals surface area contributed by atoms with Crippen molar-refractivity contribution in [2.75, 3.05) is 0 Å². The maximum atomic E-state index is 11.0. The number of hydrogen-bond acceptors (Lipinski definition) is 2. The molecule has 0 aromatic heterocycles. The molecule has 2 heteroatoms. The van der Waals surface area contributed by atoms with Gasteiger partial charge in [0.15, 0.2) is 5.78 Å². The summed E-state index contributed by atoms with van der Waals surface area (Å²) >= 11 is 0. The smallest absolute Gasteiger partial charge is 0.159 e. The molecule has 1 fully saturated rings. The topological polar surface area (TPSA) is 34.1 Å². The van der Waals surface area contributed by atoms with Crippen LogP contribution in [0.15, 0.2) is 12.2 Å². The minimum atomic E-state index is 0.0208. The minimum Gasteiger partial charge on any atom is -0.300 e. The van der Waals surface area contributed by atoms with Gasteiger partial charge < -0.3 is 0 Å². The second kappa shape index (κ2) is 1.78. The highest BCUT2D eigenvalue weighted by molar-refractivity contribution is 6.00. The summed E-state index contributed by atoms with van der Waals surface area (Å²) in [6.45, 7) is 0. The molecule has 0 aromatic rings. The van der Waals surface area contributed by atoms with Crippen LogP contribution in [0, 0.1) is 11.8 Å². The Morgan fingerprint density at radius 3 is 2.80 bits per heavy atom. The Kier molecular flexibility index (Phi) is 1.04. The molecule has 0 spiro atoms. The van der Waals surface area contributed by atoms with Crippen LogP contribution < -0.4 is 0 Å². The number of carbonyl (C=O) groups is 2. The van der Waals surface area contributed by atoms with E-state index in [4.69, 9.17) is 0 Å². The number of rotatable bonds is 0. The van der Waals surface area contributed by atoms with Crippen molar-refractivity contribution in [3.8, 4) is 0 Å². The van der Waals surface area contributed by atoms with E-state index in [-0.39, 0.29) is 23.4 Å². The van der Waals surface area contributed by atoms with Crippen LogP contribution in [0.25, 0.3) is 0 Å². The monoisotopic (exact) mass is 136 g/mol. The lowest BCUT2D eigenvalue weighted by atomic mass is 9.99. The molecule has 0 aromatic carbocycles. The van der Waals surface area contributed by atoms with Gasteiger partial charge in [0.1, 0.15) is 5.78 Å². The summed E-state index contributed by atoms with van der Waals surface area (Å²) in [7, 11) is 0. The Hall–Kier alpha value is -0.920. The molecule has 0 amide bonds. The quantitative estimate of drug-likeness (QED) is 0.491. The highest BCUT2D eigenvalue weighted by Gasteiger charge is 2.38. The summed E-state index contributed by atoms with van der Waals surface area (Å²) in [6.07, 6.45) is 4.56. The standard InChI is InChI=1S/C8H8O2/c9-6-3-5-1-2-8(10)7(5)4-6/h1-2,5,7H,3-4H2/t5-,7+/m1/s1. The van der Waals surface area contributed by atoms with Gasteiger partial charge in [0.25, 0.3) is 0 Å². The zero-order valence-electron chi connectivity index (χ0n) is 5.54. The summed E-state index contributed by atoms with van der Waals surface area (Å²) in [5.74, 6) is 0.663. The average molecular weight is 136 g/mol. The summed E-state index contributed by atoms with van der Waals surface area (Å²) in [6, 6.07) is 0. The number of allylic oxidation sites excluding steroid dienone is 2. The Morgan fingerprint density at radius 1 is 1.30 bits per heavy atom. The molecule has 0 N–H and O–H groups in total. The molecule has 2 nitrogen and oxygen atoms in total. The van der Waals surface area contributed by atoms with Crippen molar-refractivity contribution in [1.82, 2.24) is 0 Å². The van der Waals surface area contributed by atoms with Crippen LogP contribution in [-0.2, 0) is 9.59 Å². The third kappa shape index (κ3) is 0.649. The highest BCUT2D eigenvalue weighted by Crippen LogP contribution is 2.35. The largest absolute Gasteiger partial charge is 0.300 e. The van der Waals surface area contributed by atoms with Gasteiger partial charge in [0.05, 0.1) is 0 Å². The minimum absolute atomic E-state index is 0.0208. The Bertz CT molecular complexity index is 227. The third-order valence-corrected chi connectivity index (χ3v) is 2.30. The van der Waals surface area contributed by atoms with Crippen molar-refractivity contribution in [1.29, 1.82) is 0 Å². The number of ketones is 2. The van der Waals surface area contributed by atoms with Crippen LogP contribution >= 0.6 is 0 Å². The van der Waals surface area contributed by atoms with E-state index in [0.29, 0.717) is 12.8 Å². The predicted octanol–water partition coefficient (Wildman–Crippen LogP) is 0.721. The van der Waals surface area contributed by atoms with Gasteiger partial charge in [-0.15, -0.1) is 0 Å². The molecule has 0 unspecified atom stereocenters. The van der Waals surface area contributed by atoms with Crippen molar-refractivity contribution in [3.05, 3.63) is 12.2 Å². The van der Waals surface area contributed by atoms with E-state index in [1.165, 1.54) is 0 Å². The Labute approximate surface area is 58.9 Å². The molecule has 52 valence electrons. The van der Waals surface area contributed by atoms with E-state index >= 15 is 0 Å². The van der Waals surface area contributed by atoms with E-state index in [0.717, 1.165) is 0 Å². The van der Waals surface area contributed by atoms with Crippen molar-refractivity contribution >= 4 is 11.6 Å². The molecule has 2 rings (SSSR count). The molecule has 0 bridgehead atoms. The maximum Gasteiger partial charge on any atom is 0.159 e. The molecule has 2 aliphatic carbocycles. The van der Waals surface area contributed by atoms with Crippen molar-refractivity contribution in [2.24, 2.45) is 11.8 Å². The Morgan fingerprint density at radius 2 is 2.10 bits per heavy atom. The summed E-state index contributed by atoms with van der Waals surface area (Å²) in [5, 5.41) is 0. The van der Waals surface area contributed by atoms with E-state index in [2.05, 4.69) is 0 Å². The van der Waals surface area contributed by atoms with Crippen LogP contribution in [-0.4, -0.2) is 11.6 Å². The van der Waals surface area contributed by atoms with E-state index in [9.17, 15) is 9.59 Å². The van der Waals surface area contributed by atoms with Gasteiger partial charge in [-0.05, 0) is 12.0 Å². The molecule has 1 saturated carbocycles. The first-order valence-corrected chi connectivity index (χ1v) is 3.51. The lowest BCUT2D eigenvalue weighted by molar-refractivity contribution is -0.121. The van der Waals surface area contributed by atoms with E-state index < -0.39 is 0 Å². The maximum absolute atomic E-state index is 11.0. The first-order valence-electron chi connectivity index (χ1n) is 3.51. The Balaban J connectivity index is 2.26. The molecule has 0 radical (unpaired) electrons. The SMILES string of the molecule is O=C1C[C@H]2C=CC(=O)[C@H]2C1. The fourth-order valence-corrected chi connectivity index (χ4v) is 1.74. The van der Waals surface area contributed by atoms with Gasteiger partial charge in [-0.2, -0.15) is 0 Å². The van der Waals surface area contributed by atoms with Gasteiger partial charge in [-0.3, -0.25) is 9.59 Å². The zero-order valence-corrected chi connectivity index (χ0v) is 5.54. The van der Waals surface area contributed by atoms with Crippen molar-refractivity contribution in [2.45, 2.75) is 12.8 Å². The summed E-state index contributed by atoms with van der Waals surface area (Å²) < 4.78 is 0. The molecule has 0 saturated heterocycles. The highest BCUT2D eigenvalue weighted by atomic mass is 16.1. The predicted molar refractivity (Wildman–Crippen MR) is 35.4 cm³/mol. The zero-order chi connectivity index (χ0) is 7.14. The molecule has 2 aliphatic rings. The summed E-state index contributed by atoms with van der Waals surface area (Å²) in [4.78, 5) is 21.8. The van der Waals surface area contributed by atoms with Crippen LogP contribution in [0.5, 0.6) is 0 Å². The van der Waals surface area contributed by atoms with Crippen molar-refractivity contribution in [3.63, 3.8) is 0 Å². The molecular formula is C8H8O2. The van der Waals surface area contributed by atoms with E-state index in [1.54, 1.807) is 6.08 Å². The summed E-state index contributed by atoms with van der Waals surface area (Å²) in [5.41, 5.74) is 0. The molecule has 10 heavy (non-hydrogen) atoms. The fraction of sp³-hybridized carbons (Fsp3) is 0.500. The first kappa shape index (κ1) is 5.83. The van der Waals surface area contributed by atoms with Crippen LogP contribution in [0.3, 0.4) is 0 Å². The van der Waals surface area contributed by atoms with Gasteiger partial charge >= 0.3 is 0 Å². The molecule has 0 heterocycles. The van der Waals surface area contributed by atoms with Gasteiger partial charge in [-0.1, -0.05) is 6.08 Å². The van der Waals surface area contributed by atoms with E-state index in [1.807, 2.05) is 6.08 Å². The third-order valence-electron chi connectivity index (χ3n) is 2.30. The number of carbonyl (C=O) groups excluding carboxylic acids is 2. The lowest BCUT2D eigenvalue weighted by Gasteiger charge is -2.01. The molecule has 2 atom stereocenters. The first-order chi connectivity index (χ1) is 4.77. The van der Waals surface area contributed by atoms with Gasteiger partial charge in [-0.25, -0.2) is 0 Å². The average Bonchev–Trinajstić information content (AvgIpc) is 2.35. The molecular weight excluding hydrogens is 128 g/mol. The second-order valence-electron chi connectivity index (χ2n) is 2.98. The number of hydrogen-bond donors (Lipinski definition) is 0. The van der Waals surface area contributed by atoms with Crippen LogP contribution in [0.2, 0.25) is 0 Å².